The van der Waals surface area contributed by atoms with Gasteiger partial charge in [-0.1, -0.05) is 26.0 Å². The van der Waals surface area contributed by atoms with E-state index >= 15 is 0 Å². The van der Waals surface area contributed by atoms with E-state index in [9.17, 15) is 34.2 Å². The minimum absolute atomic E-state index is 0.00194. The van der Waals surface area contributed by atoms with E-state index in [1.54, 1.807) is 26.0 Å². The first-order valence-electron chi connectivity index (χ1n) is 12.7. The van der Waals surface area contributed by atoms with Gasteiger partial charge in [-0.2, -0.15) is 0 Å². The summed E-state index contributed by atoms with van der Waals surface area (Å²) in [5.41, 5.74) is 22.2. The monoisotopic (exact) mass is 564 g/mol. The molecular formula is C25H40N8O7. The molecule has 13 N–H and O–H groups in total. The van der Waals surface area contributed by atoms with E-state index in [1.807, 2.05) is 0 Å². The van der Waals surface area contributed by atoms with Crippen LogP contribution in [0.3, 0.4) is 0 Å². The van der Waals surface area contributed by atoms with Gasteiger partial charge in [0.1, 0.15) is 23.9 Å². The molecule has 0 radical (unpaired) electrons. The first-order chi connectivity index (χ1) is 18.7. The van der Waals surface area contributed by atoms with Crippen LogP contribution in [-0.2, 0) is 30.4 Å². The molecule has 222 valence electrons. The number of aliphatic carboxylic acids is 1. The third-order valence-electron chi connectivity index (χ3n) is 5.86. The molecule has 4 amide bonds. The number of hydrogen-bond acceptors (Lipinski definition) is 8. The number of nitrogens with zero attached hydrogens (tertiary/aromatic N) is 1. The Hall–Kier alpha value is -4.40. The van der Waals surface area contributed by atoms with Crippen LogP contribution >= 0.6 is 0 Å². The van der Waals surface area contributed by atoms with Gasteiger partial charge in [0, 0.05) is 19.4 Å². The molecule has 0 aliphatic heterocycles. The summed E-state index contributed by atoms with van der Waals surface area (Å²) in [6.07, 6.45) is 0.101. The third-order valence-corrected chi connectivity index (χ3v) is 5.86. The summed E-state index contributed by atoms with van der Waals surface area (Å²) < 4.78 is 0. The zero-order chi connectivity index (χ0) is 30.4. The summed E-state index contributed by atoms with van der Waals surface area (Å²) in [5, 5.41) is 26.6. The quantitative estimate of drug-likeness (QED) is 0.0558. The van der Waals surface area contributed by atoms with Crippen LogP contribution in [0, 0.1) is 5.92 Å². The molecule has 4 atom stereocenters. The topological polar surface area (TPSA) is 278 Å². The van der Waals surface area contributed by atoms with Gasteiger partial charge >= 0.3 is 5.97 Å². The number of carbonyl (C=O) groups is 5. The lowest BCUT2D eigenvalue weighted by atomic mass is 10.0. The Balaban J connectivity index is 3.18. The van der Waals surface area contributed by atoms with Crippen molar-refractivity contribution in [2.45, 2.75) is 70.1 Å². The average Bonchev–Trinajstić information content (AvgIpc) is 2.87. The van der Waals surface area contributed by atoms with E-state index in [0.29, 0.717) is 5.56 Å². The van der Waals surface area contributed by atoms with E-state index in [0.717, 1.165) is 0 Å². The largest absolute Gasteiger partial charge is 0.508 e. The van der Waals surface area contributed by atoms with E-state index in [1.165, 1.54) is 12.1 Å². The molecule has 1 aromatic rings. The number of carbonyl (C=O) groups excluding carboxylic acids is 4. The van der Waals surface area contributed by atoms with Crippen molar-refractivity contribution in [1.29, 1.82) is 0 Å². The smallest absolute Gasteiger partial charge is 0.326 e. The number of primary amides is 1. The number of hydrogen-bond donors (Lipinski definition) is 9. The van der Waals surface area contributed by atoms with Crippen LogP contribution in [0.25, 0.3) is 0 Å². The second-order valence-electron chi connectivity index (χ2n) is 9.62. The van der Waals surface area contributed by atoms with Crippen LogP contribution in [0.5, 0.6) is 5.75 Å². The molecular weight excluding hydrogens is 524 g/mol. The molecule has 0 aliphatic carbocycles. The van der Waals surface area contributed by atoms with Crippen LogP contribution in [0.15, 0.2) is 29.3 Å². The summed E-state index contributed by atoms with van der Waals surface area (Å²) >= 11 is 0. The van der Waals surface area contributed by atoms with E-state index in [4.69, 9.17) is 22.9 Å². The van der Waals surface area contributed by atoms with Crippen molar-refractivity contribution in [3.8, 4) is 5.75 Å². The molecule has 0 fully saturated rings. The van der Waals surface area contributed by atoms with Crippen molar-refractivity contribution in [2.75, 3.05) is 6.54 Å². The van der Waals surface area contributed by atoms with Crippen LogP contribution in [0.2, 0.25) is 0 Å². The molecule has 0 saturated carbocycles. The van der Waals surface area contributed by atoms with Gasteiger partial charge in [-0.25, -0.2) is 4.79 Å². The maximum atomic E-state index is 13.4. The number of carboxylic acid groups (broad SMARTS) is 1. The average molecular weight is 565 g/mol. The van der Waals surface area contributed by atoms with Crippen LogP contribution in [-0.4, -0.2) is 76.5 Å². The molecule has 0 aliphatic rings. The van der Waals surface area contributed by atoms with Gasteiger partial charge in [-0.15, -0.1) is 0 Å². The van der Waals surface area contributed by atoms with Gasteiger partial charge in [0.25, 0.3) is 0 Å². The first-order valence-corrected chi connectivity index (χ1v) is 12.7. The van der Waals surface area contributed by atoms with Gasteiger partial charge in [-0.3, -0.25) is 24.2 Å². The molecule has 0 bridgehead atoms. The third kappa shape index (κ3) is 12.4. The summed E-state index contributed by atoms with van der Waals surface area (Å²) in [5.74, 6) is -4.69. The molecule has 4 unspecified atom stereocenters. The van der Waals surface area contributed by atoms with Crippen molar-refractivity contribution >= 4 is 35.6 Å². The Morgan fingerprint density at radius 3 is 1.98 bits per heavy atom. The van der Waals surface area contributed by atoms with E-state index < -0.39 is 59.7 Å². The zero-order valence-electron chi connectivity index (χ0n) is 22.6. The van der Waals surface area contributed by atoms with Crippen LogP contribution < -0.4 is 38.9 Å². The van der Waals surface area contributed by atoms with Crippen molar-refractivity contribution in [3.63, 3.8) is 0 Å². The molecule has 15 heteroatoms. The lowest BCUT2D eigenvalue weighted by Gasteiger charge is -2.26. The number of nitrogens with two attached hydrogens (primary N) is 4. The minimum atomic E-state index is -1.24. The van der Waals surface area contributed by atoms with Crippen molar-refractivity contribution < 1.29 is 34.2 Å². The molecule has 0 saturated heterocycles. The fourth-order valence-corrected chi connectivity index (χ4v) is 3.60. The first kappa shape index (κ1) is 33.6. The number of aromatic hydroxyl groups is 1. The molecule has 40 heavy (non-hydrogen) atoms. The van der Waals surface area contributed by atoms with Gasteiger partial charge < -0.3 is 49.1 Å². The summed E-state index contributed by atoms with van der Waals surface area (Å²) in [4.78, 5) is 65.7. The Kier molecular flexibility index (Phi) is 13.9. The number of guanidine groups is 1. The second kappa shape index (κ2) is 16.5. The number of nitrogens with one attached hydrogen (secondary N) is 3. The Morgan fingerprint density at radius 2 is 1.45 bits per heavy atom. The summed E-state index contributed by atoms with van der Waals surface area (Å²) in [7, 11) is 0. The zero-order valence-corrected chi connectivity index (χ0v) is 22.6. The number of benzene rings is 1. The Bertz CT molecular complexity index is 1060. The van der Waals surface area contributed by atoms with Crippen molar-refractivity contribution in [1.82, 2.24) is 16.0 Å². The number of rotatable bonds is 17. The van der Waals surface area contributed by atoms with Crippen molar-refractivity contribution in [3.05, 3.63) is 29.8 Å². The second-order valence-corrected chi connectivity index (χ2v) is 9.62. The van der Waals surface area contributed by atoms with Crippen LogP contribution in [0.4, 0.5) is 0 Å². The highest BCUT2D eigenvalue weighted by molar-refractivity contribution is 5.94. The highest BCUT2D eigenvalue weighted by Crippen LogP contribution is 2.12. The summed E-state index contributed by atoms with van der Waals surface area (Å²) in [6.45, 7) is 3.39. The van der Waals surface area contributed by atoms with Gasteiger partial charge in [-0.05, 0) is 42.9 Å². The minimum Gasteiger partial charge on any atom is -0.508 e. The van der Waals surface area contributed by atoms with E-state index in [2.05, 4.69) is 20.9 Å². The fraction of sp³-hybridized carbons (Fsp3) is 0.520. The predicted octanol–water partition coefficient (Wildman–Crippen LogP) is -2.22. The highest BCUT2D eigenvalue weighted by Gasteiger charge is 2.31. The SMILES string of the molecule is CC(C)C(NC(=O)C(CCCN=C(N)N)NC(=O)C(Cc1ccc(O)cc1)NC(=O)C(N)CCC(N)=O)C(=O)O. The van der Waals surface area contributed by atoms with Crippen LogP contribution in [0.1, 0.15) is 45.1 Å². The van der Waals surface area contributed by atoms with Crippen molar-refractivity contribution in [2.24, 2.45) is 33.8 Å². The summed E-state index contributed by atoms with van der Waals surface area (Å²) in [6, 6.07) is 1.16. The van der Waals surface area contributed by atoms with Gasteiger partial charge in [0.2, 0.25) is 23.6 Å². The Morgan fingerprint density at radius 1 is 0.875 bits per heavy atom. The number of amides is 4. The lowest BCUT2D eigenvalue weighted by molar-refractivity contribution is -0.143. The Labute approximate surface area is 232 Å². The fourth-order valence-electron chi connectivity index (χ4n) is 3.60. The number of carboxylic acids is 1. The normalized spacial score (nSPS) is 13.8. The number of aliphatic imine (C=N–C) groups is 1. The predicted molar refractivity (Wildman–Crippen MR) is 146 cm³/mol. The molecule has 0 heterocycles. The standard InChI is InChI=1S/C25H40N8O7/c1-13(2)20(24(39)40)33-22(37)17(4-3-11-30-25(28)29)31-23(38)18(12-14-5-7-15(34)8-6-14)32-21(36)16(26)9-10-19(27)35/h5-8,13,16-18,20,34H,3-4,9-12,26H2,1-2H3,(H2,27,35)(H,31,38)(H,32,36)(H,33,37)(H,39,40)(H4,28,29,30). The maximum absolute atomic E-state index is 13.4. The molecule has 15 nitrogen and oxygen atoms in total. The maximum Gasteiger partial charge on any atom is 0.326 e. The molecule has 0 aromatic heterocycles. The van der Waals surface area contributed by atoms with Gasteiger partial charge in [0.15, 0.2) is 5.96 Å². The molecule has 0 spiro atoms. The lowest BCUT2D eigenvalue weighted by Crippen LogP contribution is -2.58. The van der Waals surface area contributed by atoms with E-state index in [-0.39, 0.29) is 50.4 Å². The highest BCUT2D eigenvalue weighted by atomic mass is 16.4. The number of phenolic OH excluding ortho intramolecular Hbond substituents is 1. The molecule has 1 aromatic carbocycles. The molecule has 1 rings (SSSR count). The number of phenols is 1. The van der Waals surface area contributed by atoms with Gasteiger partial charge in [0.05, 0.1) is 6.04 Å².